The summed E-state index contributed by atoms with van der Waals surface area (Å²) < 4.78 is 11.9. The number of ether oxygens (including phenoxy) is 2. The van der Waals surface area contributed by atoms with E-state index in [1.165, 1.54) is 0 Å². The lowest BCUT2D eigenvalue weighted by Gasteiger charge is -2.15. The molecule has 6 nitrogen and oxygen atoms in total. The quantitative estimate of drug-likeness (QED) is 0.571. The summed E-state index contributed by atoms with van der Waals surface area (Å²) in [7, 11) is 0. The number of hydrogen-bond donors (Lipinski definition) is 2. The third-order valence-electron chi connectivity index (χ3n) is 3.89. The summed E-state index contributed by atoms with van der Waals surface area (Å²) in [6.45, 7) is 1.37. The fraction of sp³-hybridized carbons (Fsp3) is 0.143. The van der Waals surface area contributed by atoms with Gasteiger partial charge in [0.2, 0.25) is 0 Å². The van der Waals surface area contributed by atoms with Crippen molar-refractivity contribution >= 4 is 38.5 Å². The van der Waals surface area contributed by atoms with Crippen molar-refractivity contribution in [2.24, 2.45) is 0 Å². The molecule has 3 aromatic rings. The van der Waals surface area contributed by atoms with Gasteiger partial charge in [-0.2, -0.15) is 0 Å². The Morgan fingerprint density at radius 3 is 2.50 bits per heavy atom. The Balaban J connectivity index is 1.44. The van der Waals surface area contributed by atoms with Gasteiger partial charge in [0, 0.05) is 4.47 Å². The van der Waals surface area contributed by atoms with Crippen LogP contribution in [0.4, 0.5) is 0 Å². The lowest BCUT2D eigenvalue weighted by atomic mass is 10.1. The third kappa shape index (κ3) is 5.47. The van der Waals surface area contributed by atoms with Crippen molar-refractivity contribution in [3.05, 3.63) is 71.2 Å². The smallest absolute Gasteiger partial charge is 0.279 e. The largest absolute Gasteiger partial charge is 0.484 e. The van der Waals surface area contributed by atoms with Gasteiger partial charge >= 0.3 is 0 Å². The van der Waals surface area contributed by atoms with Gasteiger partial charge in [-0.15, -0.1) is 0 Å². The zero-order chi connectivity index (χ0) is 19.9. The summed E-state index contributed by atoms with van der Waals surface area (Å²) in [5, 5.41) is 2.11. The van der Waals surface area contributed by atoms with Crippen molar-refractivity contribution in [2.45, 2.75) is 13.0 Å². The van der Waals surface area contributed by atoms with Gasteiger partial charge in [0.1, 0.15) is 11.5 Å². The highest BCUT2D eigenvalue weighted by molar-refractivity contribution is 9.10. The number of fused-ring (bicyclic) bond motifs is 1. The van der Waals surface area contributed by atoms with Gasteiger partial charge in [0.15, 0.2) is 12.7 Å². The van der Waals surface area contributed by atoms with Crippen LogP contribution in [0.5, 0.6) is 11.5 Å². The van der Waals surface area contributed by atoms with Gasteiger partial charge in [-0.1, -0.05) is 52.3 Å². The Labute approximate surface area is 170 Å². The molecule has 0 radical (unpaired) electrons. The SMILES string of the molecule is C[C@H](Oc1cccc(Br)c1)C(=O)NNC(=O)COc1ccc2ccccc2c1. The molecule has 2 N–H and O–H groups in total. The number of carbonyl (C=O) groups excluding carboxylic acids is 2. The fourth-order valence-electron chi connectivity index (χ4n) is 2.47. The van der Waals surface area contributed by atoms with Crippen LogP contribution in [0, 0.1) is 0 Å². The second-order valence-corrected chi connectivity index (χ2v) is 6.97. The number of nitrogens with one attached hydrogen (secondary N) is 2. The molecule has 1 atom stereocenters. The Bertz CT molecular complexity index is 993. The second kappa shape index (κ2) is 9.23. The predicted molar refractivity (Wildman–Crippen MR) is 110 cm³/mol. The monoisotopic (exact) mass is 442 g/mol. The van der Waals surface area contributed by atoms with Crippen molar-refractivity contribution < 1.29 is 19.1 Å². The first-order valence-corrected chi connectivity index (χ1v) is 9.43. The normalized spacial score (nSPS) is 11.5. The summed E-state index contributed by atoms with van der Waals surface area (Å²) in [4.78, 5) is 24.0. The maximum absolute atomic E-state index is 12.1. The van der Waals surface area contributed by atoms with E-state index in [2.05, 4.69) is 26.8 Å². The molecule has 28 heavy (non-hydrogen) atoms. The second-order valence-electron chi connectivity index (χ2n) is 6.05. The van der Waals surface area contributed by atoms with Crippen molar-refractivity contribution in [1.82, 2.24) is 10.9 Å². The van der Waals surface area contributed by atoms with Crippen LogP contribution in [0.1, 0.15) is 6.92 Å². The molecule has 0 spiro atoms. The number of amides is 2. The van der Waals surface area contributed by atoms with Gasteiger partial charge in [-0.25, -0.2) is 0 Å². The van der Waals surface area contributed by atoms with Crippen molar-refractivity contribution in [2.75, 3.05) is 6.61 Å². The van der Waals surface area contributed by atoms with Crippen LogP contribution in [0.15, 0.2) is 71.2 Å². The molecule has 7 heteroatoms. The third-order valence-corrected chi connectivity index (χ3v) is 4.39. The summed E-state index contributed by atoms with van der Waals surface area (Å²) in [5.41, 5.74) is 4.64. The van der Waals surface area contributed by atoms with Crippen molar-refractivity contribution in [3.8, 4) is 11.5 Å². The Hall–Kier alpha value is -3.06. The molecule has 3 aromatic carbocycles. The predicted octanol–water partition coefficient (Wildman–Crippen LogP) is 3.60. The maximum atomic E-state index is 12.1. The molecular formula is C21H19BrN2O4. The highest BCUT2D eigenvalue weighted by Crippen LogP contribution is 2.20. The molecule has 0 aliphatic rings. The average Bonchev–Trinajstić information content (AvgIpc) is 2.70. The van der Waals surface area contributed by atoms with Crippen LogP contribution >= 0.6 is 15.9 Å². The lowest BCUT2D eigenvalue weighted by Crippen LogP contribution is -2.48. The van der Waals surface area contributed by atoms with E-state index >= 15 is 0 Å². The topological polar surface area (TPSA) is 76.7 Å². The van der Waals surface area contributed by atoms with E-state index in [4.69, 9.17) is 9.47 Å². The number of hydrazine groups is 1. The highest BCUT2D eigenvalue weighted by atomic mass is 79.9. The summed E-state index contributed by atoms with van der Waals surface area (Å²) in [6, 6.07) is 20.6. The van der Waals surface area contributed by atoms with Crippen molar-refractivity contribution in [3.63, 3.8) is 0 Å². The zero-order valence-electron chi connectivity index (χ0n) is 15.1. The van der Waals surface area contributed by atoms with Crippen LogP contribution in [-0.4, -0.2) is 24.5 Å². The molecule has 0 bridgehead atoms. The highest BCUT2D eigenvalue weighted by Gasteiger charge is 2.15. The van der Waals surface area contributed by atoms with Crippen LogP contribution in [0.2, 0.25) is 0 Å². The first-order valence-electron chi connectivity index (χ1n) is 8.64. The van der Waals surface area contributed by atoms with E-state index in [0.717, 1.165) is 15.2 Å². The first-order chi connectivity index (χ1) is 13.5. The number of carbonyl (C=O) groups is 2. The van der Waals surface area contributed by atoms with E-state index in [1.807, 2.05) is 42.5 Å². The Morgan fingerprint density at radius 2 is 1.71 bits per heavy atom. The summed E-state index contributed by atoms with van der Waals surface area (Å²) >= 11 is 3.34. The van der Waals surface area contributed by atoms with E-state index in [9.17, 15) is 9.59 Å². The molecule has 0 saturated heterocycles. The van der Waals surface area contributed by atoms with Crippen molar-refractivity contribution in [1.29, 1.82) is 0 Å². The molecule has 0 fully saturated rings. The summed E-state index contributed by atoms with van der Waals surface area (Å²) in [6.07, 6.45) is -0.781. The standard InChI is InChI=1S/C21H19BrN2O4/c1-14(28-19-8-4-7-17(22)12-19)21(26)24-23-20(25)13-27-18-10-9-15-5-2-3-6-16(15)11-18/h2-12,14H,13H2,1H3,(H,23,25)(H,24,26)/t14-/m0/s1. The van der Waals surface area contributed by atoms with Gasteiger partial charge in [-0.3, -0.25) is 20.4 Å². The molecule has 0 aromatic heterocycles. The van der Waals surface area contributed by atoms with E-state index in [0.29, 0.717) is 11.5 Å². The van der Waals surface area contributed by atoms with Gasteiger partial charge in [0.25, 0.3) is 11.8 Å². The molecule has 0 aliphatic heterocycles. The van der Waals surface area contributed by atoms with E-state index in [1.54, 1.807) is 31.2 Å². The van der Waals surface area contributed by atoms with Gasteiger partial charge in [-0.05, 0) is 48.0 Å². The molecule has 2 amide bonds. The van der Waals surface area contributed by atoms with Crippen LogP contribution in [0.3, 0.4) is 0 Å². The van der Waals surface area contributed by atoms with Gasteiger partial charge in [0.05, 0.1) is 0 Å². The molecule has 0 heterocycles. The first kappa shape index (κ1) is 19.7. The van der Waals surface area contributed by atoms with Gasteiger partial charge < -0.3 is 9.47 Å². The van der Waals surface area contributed by atoms with Crippen LogP contribution in [0.25, 0.3) is 10.8 Å². The number of benzene rings is 3. The molecule has 0 aliphatic carbocycles. The number of hydrogen-bond acceptors (Lipinski definition) is 4. The minimum absolute atomic E-state index is 0.223. The van der Waals surface area contributed by atoms with Crippen LogP contribution in [-0.2, 0) is 9.59 Å². The van der Waals surface area contributed by atoms with Crippen LogP contribution < -0.4 is 20.3 Å². The fourth-order valence-corrected chi connectivity index (χ4v) is 2.85. The number of halogens is 1. The number of rotatable bonds is 6. The minimum atomic E-state index is -0.781. The zero-order valence-corrected chi connectivity index (χ0v) is 16.7. The molecular weight excluding hydrogens is 424 g/mol. The van der Waals surface area contributed by atoms with E-state index < -0.39 is 17.9 Å². The lowest BCUT2D eigenvalue weighted by molar-refractivity contribution is -0.133. The van der Waals surface area contributed by atoms with E-state index in [-0.39, 0.29) is 6.61 Å². The maximum Gasteiger partial charge on any atom is 0.279 e. The Kier molecular flexibility index (Phi) is 6.49. The Morgan fingerprint density at radius 1 is 0.929 bits per heavy atom. The molecule has 0 unspecified atom stereocenters. The molecule has 3 rings (SSSR count). The average molecular weight is 443 g/mol. The minimum Gasteiger partial charge on any atom is -0.484 e. The molecule has 144 valence electrons. The molecule has 0 saturated carbocycles. The summed E-state index contributed by atoms with van der Waals surface area (Å²) in [5.74, 6) is 0.171.